The highest BCUT2D eigenvalue weighted by Gasteiger charge is 2.53. The monoisotopic (exact) mass is 527 g/mol. The van der Waals surface area contributed by atoms with Crippen LogP contribution in [0.2, 0.25) is 0 Å². The number of benzene rings is 1. The molecule has 15 heteroatoms. The number of oxime groups is 1. The molecule has 0 aliphatic carbocycles. The quantitative estimate of drug-likeness (QED) is 0.142. The first-order valence-electron chi connectivity index (χ1n) is 9.43. The third-order valence-corrected chi connectivity index (χ3v) is 6.35. The van der Waals surface area contributed by atoms with Crippen molar-refractivity contribution < 1.29 is 32.2 Å². The van der Waals surface area contributed by atoms with Gasteiger partial charge in [0.15, 0.2) is 10.8 Å². The predicted molar refractivity (Wildman–Crippen MR) is 125 cm³/mol. The van der Waals surface area contributed by atoms with E-state index in [2.05, 4.69) is 20.8 Å². The predicted octanol–water partition coefficient (Wildman–Crippen LogP) is 0.883. The van der Waals surface area contributed by atoms with Crippen molar-refractivity contribution in [2.24, 2.45) is 5.16 Å². The Hall–Kier alpha value is -3.33. The highest BCUT2D eigenvalue weighted by Crippen LogP contribution is 2.26. The lowest BCUT2D eigenvalue weighted by Crippen LogP contribution is -2.71. The number of anilines is 1. The molecular formula is C19H18ClN5O7S2. The lowest BCUT2D eigenvalue weighted by Gasteiger charge is -2.42. The molecule has 180 valence electrons. The molecule has 2 atom stereocenters. The lowest BCUT2D eigenvalue weighted by molar-refractivity contribution is -0.142. The van der Waals surface area contributed by atoms with Crippen molar-refractivity contribution in [2.75, 3.05) is 18.3 Å². The second-order valence-corrected chi connectivity index (χ2v) is 9.08. The fraction of sp³-hybridized carbons (Fsp3) is 0.211. The summed E-state index contributed by atoms with van der Waals surface area (Å²) in [5.41, 5.74) is 0.413. The van der Waals surface area contributed by atoms with E-state index in [-0.39, 0.29) is 26.7 Å². The number of halogens is 1. The SMILES string of the molecule is CON=C(C(=O)NC1C(=O)N(S(=O)(=O)O)C1/C=C/c1ccccc1)c1csc(NC(=O)CCl)n1. The summed E-state index contributed by atoms with van der Waals surface area (Å²) in [5, 5.41) is 10.0. The van der Waals surface area contributed by atoms with Crippen LogP contribution in [0.1, 0.15) is 11.3 Å². The van der Waals surface area contributed by atoms with Crippen LogP contribution in [-0.4, -0.2) is 70.8 Å². The number of hydrogen-bond donors (Lipinski definition) is 3. The maximum Gasteiger partial charge on any atom is 0.362 e. The van der Waals surface area contributed by atoms with Gasteiger partial charge in [-0.15, -0.1) is 22.9 Å². The molecule has 1 aliphatic rings. The van der Waals surface area contributed by atoms with Crippen molar-refractivity contribution in [3.63, 3.8) is 0 Å². The molecule has 0 saturated carbocycles. The second-order valence-electron chi connectivity index (χ2n) is 6.67. The minimum Gasteiger partial charge on any atom is -0.398 e. The molecule has 1 fully saturated rings. The molecule has 2 unspecified atom stereocenters. The molecule has 0 spiro atoms. The average Bonchev–Trinajstić information content (AvgIpc) is 3.25. The maximum absolute atomic E-state index is 12.9. The van der Waals surface area contributed by atoms with E-state index in [0.717, 1.165) is 11.3 Å². The van der Waals surface area contributed by atoms with Gasteiger partial charge in [-0.2, -0.15) is 8.42 Å². The van der Waals surface area contributed by atoms with Gasteiger partial charge in [-0.05, 0) is 5.56 Å². The summed E-state index contributed by atoms with van der Waals surface area (Å²) in [4.78, 5) is 45.5. The van der Waals surface area contributed by atoms with E-state index < -0.39 is 40.1 Å². The van der Waals surface area contributed by atoms with Gasteiger partial charge in [-0.3, -0.25) is 18.9 Å². The van der Waals surface area contributed by atoms with E-state index >= 15 is 0 Å². The van der Waals surface area contributed by atoms with E-state index in [1.807, 2.05) is 0 Å². The maximum atomic E-state index is 12.9. The molecule has 1 saturated heterocycles. The van der Waals surface area contributed by atoms with Gasteiger partial charge in [0.1, 0.15) is 24.7 Å². The van der Waals surface area contributed by atoms with Crippen LogP contribution in [0.5, 0.6) is 0 Å². The number of carbonyl (C=O) groups is 3. The molecule has 1 aromatic carbocycles. The number of alkyl halides is 1. The first-order chi connectivity index (χ1) is 16.2. The largest absolute Gasteiger partial charge is 0.398 e. The van der Waals surface area contributed by atoms with Crippen LogP contribution >= 0.6 is 22.9 Å². The zero-order chi connectivity index (χ0) is 24.9. The van der Waals surface area contributed by atoms with Gasteiger partial charge in [0.25, 0.3) is 11.8 Å². The molecule has 0 radical (unpaired) electrons. The third-order valence-electron chi connectivity index (χ3n) is 4.43. The summed E-state index contributed by atoms with van der Waals surface area (Å²) in [7, 11) is -3.68. The Labute approximate surface area is 203 Å². The zero-order valence-corrected chi connectivity index (χ0v) is 19.8. The number of hydrogen-bond acceptors (Lipinski definition) is 9. The molecule has 1 aromatic heterocycles. The first kappa shape index (κ1) is 25.3. The van der Waals surface area contributed by atoms with Crippen molar-refractivity contribution in [3.8, 4) is 0 Å². The molecule has 3 rings (SSSR count). The molecular weight excluding hydrogens is 510 g/mol. The Morgan fingerprint density at radius 3 is 2.68 bits per heavy atom. The number of thiazole rings is 1. The normalized spacial score (nSPS) is 18.5. The topological polar surface area (TPSA) is 167 Å². The standard InChI is InChI=1S/C19H18ClN5O7S2/c1-32-24-15(12-10-33-19(21-12)22-14(26)9-20)17(27)23-16-13(25(18(16)28)34(29,30)31)8-7-11-5-3-2-4-6-11/h2-8,10,13,16H,9H2,1H3,(H,23,27)(H,21,22,26)(H,29,30,31)/b8-7+,24-15?. The summed E-state index contributed by atoms with van der Waals surface area (Å²) >= 11 is 6.44. The Kier molecular flexibility index (Phi) is 7.98. The van der Waals surface area contributed by atoms with E-state index in [9.17, 15) is 27.4 Å². The van der Waals surface area contributed by atoms with Gasteiger partial charge in [0.2, 0.25) is 5.91 Å². The molecule has 0 bridgehead atoms. The number of aromatic nitrogens is 1. The van der Waals surface area contributed by atoms with Gasteiger partial charge < -0.3 is 15.5 Å². The van der Waals surface area contributed by atoms with Gasteiger partial charge in [0, 0.05) is 5.38 Å². The molecule has 2 heterocycles. The Balaban J connectivity index is 1.82. The van der Waals surface area contributed by atoms with Gasteiger partial charge in [-0.25, -0.2) is 9.29 Å². The Bertz CT molecular complexity index is 1250. The van der Waals surface area contributed by atoms with Crippen LogP contribution in [0.15, 0.2) is 46.9 Å². The number of rotatable bonds is 9. The summed E-state index contributed by atoms with van der Waals surface area (Å²) in [6.45, 7) is 0. The third kappa shape index (κ3) is 5.77. The smallest absolute Gasteiger partial charge is 0.362 e. The average molecular weight is 528 g/mol. The molecule has 2 aromatic rings. The van der Waals surface area contributed by atoms with E-state index in [1.165, 1.54) is 18.6 Å². The number of β-lactam (4-membered cyclic amide) rings is 1. The fourth-order valence-corrected chi connectivity index (χ4v) is 4.58. The van der Waals surface area contributed by atoms with Crippen molar-refractivity contribution >= 4 is 67.9 Å². The molecule has 3 N–H and O–H groups in total. The van der Waals surface area contributed by atoms with Crippen LogP contribution in [0.4, 0.5) is 5.13 Å². The summed E-state index contributed by atoms with van der Waals surface area (Å²) < 4.78 is 33.0. The van der Waals surface area contributed by atoms with Crippen molar-refractivity contribution in [1.82, 2.24) is 14.6 Å². The van der Waals surface area contributed by atoms with Crippen LogP contribution in [-0.2, 0) is 29.5 Å². The fourth-order valence-electron chi connectivity index (χ4n) is 2.96. The second kappa shape index (κ2) is 10.7. The van der Waals surface area contributed by atoms with Crippen molar-refractivity contribution in [3.05, 3.63) is 53.0 Å². The number of carbonyl (C=O) groups excluding carboxylic acids is 3. The Morgan fingerprint density at radius 1 is 1.35 bits per heavy atom. The Morgan fingerprint density at radius 2 is 2.06 bits per heavy atom. The van der Waals surface area contributed by atoms with Crippen molar-refractivity contribution in [2.45, 2.75) is 12.1 Å². The number of nitrogens with zero attached hydrogens (tertiary/aromatic N) is 3. The first-order valence-corrected chi connectivity index (χ1v) is 12.2. The van der Waals surface area contributed by atoms with Crippen LogP contribution in [0.3, 0.4) is 0 Å². The molecule has 1 aliphatic heterocycles. The highest BCUT2D eigenvalue weighted by atomic mass is 35.5. The van der Waals surface area contributed by atoms with Gasteiger partial charge in [-0.1, -0.05) is 47.6 Å². The van der Waals surface area contributed by atoms with Crippen LogP contribution < -0.4 is 10.6 Å². The van der Waals surface area contributed by atoms with E-state index in [0.29, 0.717) is 5.56 Å². The lowest BCUT2D eigenvalue weighted by atomic mass is 9.97. The summed E-state index contributed by atoms with van der Waals surface area (Å²) in [5.74, 6) is -2.73. The molecule has 12 nitrogen and oxygen atoms in total. The van der Waals surface area contributed by atoms with Crippen LogP contribution in [0, 0.1) is 0 Å². The van der Waals surface area contributed by atoms with E-state index in [4.69, 9.17) is 16.4 Å². The van der Waals surface area contributed by atoms with Gasteiger partial charge in [0.05, 0.1) is 6.04 Å². The minimum atomic E-state index is -4.87. The number of amides is 3. The van der Waals surface area contributed by atoms with Gasteiger partial charge >= 0.3 is 10.3 Å². The zero-order valence-electron chi connectivity index (χ0n) is 17.4. The summed E-state index contributed by atoms with van der Waals surface area (Å²) in [6.07, 6.45) is 2.91. The van der Waals surface area contributed by atoms with Crippen LogP contribution in [0.25, 0.3) is 6.08 Å². The highest BCUT2D eigenvalue weighted by molar-refractivity contribution is 7.84. The summed E-state index contributed by atoms with van der Waals surface area (Å²) in [6, 6.07) is 6.30. The molecule has 34 heavy (non-hydrogen) atoms. The molecule has 3 amide bonds. The van der Waals surface area contributed by atoms with Crippen molar-refractivity contribution in [1.29, 1.82) is 0 Å². The van der Waals surface area contributed by atoms with E-state index in [1.54, 1.807) is 36.4 Å². The number of nitrogens with one attached hydrogen (secondary N) is 2. The minimum absolute atomic E-state index is 0.0315.